The maximum Gasteiger partial charge on any atom is 0.307 e. The summed E-state index contributed by atoms with van der Waals surface area (Å²) in [6.07, 6.45) is 1.02. The number of pyridine rings is 1. The van der Waals surface area contributed by atoms with Crippen molar-refractivity contribution in [3.05, 3.63) is 33.7 Å². The van der Waals surface area contributed by atoms with Gasteiger partial charge in [-0.05, 0) is 30.5 Å². The fourth-order valence-electron chi connectivity index (χ4n) is 3.14. The van der Waals surface area contributed by atoms with Gasteiger partial charge in [0.05, 0.1) is 6.42 Å². The smallest absolute Gasteiger partial charge is 0.307 e. The highest BCUT2D eigenvalue weighted by Crippen LogP contribution is 2.31. The van der Waals surface area contributed by atoms with Crippen LogP contribution in [-0.2, 0) is 17.8 Å². The van der Waals surface area contributed by atoms with E-state index in [2.05, 4.69) is 5.32 Å². The molecule has 0 amide bonds. The Balaban J connectivity index is 2.04. The number of carboxylic acids is 1. The number of carbonyl (C=O) groups is 1. The SMILES string of the molecule is O=C(O)Cc1cc2n(c(=O)c1)C[C@@H]1CNC[C@H]2C1. The lowest BCUT2D eigenvalue weighted by Crippen LogP contribution is -2.45. The molecule has 2 aliphatic rings. The molecule has 0 aromatic carbocycles. The Morgan fingerprint density at radius 1 is 1.44 bits per heavy atom. The van der Waals surface area contributed by atoms with E-state index in [1.54, 1.807) is 0 Å². The standard InChI is InChI=1S/C13H16N2O3/c16-12-3-8(4-13(17)18)2-11-10-1-9(5-14-6-10)7-15(11)12/h2-3,9-10,14H,1,4-7H2,(H,17,18)/t9-,10+/m0/s1. The summed E-state index contributed by atoms with van der Waals surface area (Å²) in [5, 5.41) is 12.2. The molecule has 0 spiro atoms. The molecule has 1 aromatic rings. The van der Waals surface area contributed by atoms with Crippen LogP contribution in [0.15, 0.2) is 16.9 Å². The number of carboxylic acid groups (broad SMARTS) is 1. The normalized spacial score (nSPS) is 25.6. The molecule has 2 bridgehead atoms. The van der Waals surface area contributed by atoms with E-state index in [9.17, 15) is 9.59 Å². The van der Waals surface area contributed by atoms with Gasteiger partial charge in [0.25, 0.3) is 5.56 Å². The van der Waals surface area contributed by atoms with E-state index in [0.717, 1.165) is 31.7 Å². The topological polar surface area (TPSA) is 71.3 Å². The van der Waals surface area contributed by atoms with Crippen molar-refractivity contribution in [2.45, 2.75) is 25.3 Å². The van der Waals surface area contributed by atoms with Crippen LogP contribution in [0.1, 0.15) is 23.6 Å². The van der Waals surface area contributed by atoms with Crippen LogP contribution in [0, 0.1) is 5.92 Å². The van der Waals surface area contributed by atoms with Gasteiger partial charge in [-0.25, -0.2) is 0 Å². The highest BCUT2D eigenvalue weighted by molar-refractivity contribution is 5.70. The van der Waals surface area contributed by atoms with Crippen LogP contribution in [0.4, 0.5) is 0 Å². The first-order chi connectivity index (χ1) is 8.63. The van der Waals surface area contributed by atoms with Crippen molar-refractivity contribution in [3.63, 3.8) is 0 Å². The second-order valence-corrected chi connectivity index (χ2v) is 5.26. The fraction of sp³-hybridized carbons (Fsp3) is 0.538. The van der Waals surface area contributed by atoms with Crippen LogP contribution in [0.5, 0.6) is 0 Å². The van der Waals surface area contributed by atoms with Crippen LogP contribution in [0.2, 0.25) is 0 Å². The van der Waals surface area contributed by atoms with Gasteiger partial charge in [0.2, 0.25) is 0 Å². The zero-order valence-corrected chi connectivity index (χ0v) is 10.1. The quantitative estimate of drug-likeness (QED) is 0.783. The van der Waals surface area contributed by atoms with E-state index in [-0.39, 0.29) is 12.0 Å². The summed E-state index contributed by atoms with van der Waals surface area (Å²) in [4.78, 5) is 22.8. The summed E-state index contributed by atoms with van der Waals surface area (Å²) < 4.78 is 1.82. The number of fused-ring (bicyclic) bond motifs is 4. The highest BCUT2D eigenvalue weighted by atomic mass is 16.4. The molecule has 3 rings (SSSR count). The first-order valence-electron chi connectivity index (χ1n) is 6.29. The third-order valence-electron chi connectivity index (χ3n) is 3.88. The molecule has 1 saturated heterocycles. The van der Waals surface area contributed by atoms with Crippen LogP contribution >= 0.6 is 0 Å². The van der Waals surface area contributed by atoms with E-state index in [1.165, 1.54) is 6.07 Å². The number of hydrogen-bond donors (Lipinski definition) is 2. The lowest BCUT2D eigenvalue weighted by atomic mass is 9.83. The monoisotopic (exact) mass is 248 g/mol. The van der Waals surface area contributed by atoms with E-state index < -0.39 is 5.97 Å². The number of piperidine rings is 1. The zero-order chi connectivity index (χ0) is 12.7. The van der Waals surface area contributed by atoms with Gasteiger partial charge >= 0.3 is 5.97 Å². The Kier molecular flexibility index (Phi) is 2.70. The molecule has 3 heterocycles. The van der Waals surface area contributed by atoms with E-state index >= 15 is 0 Å². The Hall–Kier alpha value is -1.62. The minimum Gasteiger partial charge on any atom is -0.481 e. The number of nitrogens with zero attached hydrogens (tertiary/aromatic N) is 1. The predicted molar refractivity (Wildman–Crippen MR) is 65.8 cm³/mol. The molecular formula is C13H16N2O3. The van der Waals surface area contributed by atoms with Crippen molar-refractivity contribution < 1.29 is 9.90 Å². The van der Waals surface area contributed by atoms with E-state index in [4.69, 9.17) is 5.11 Å². The van der Waals surface area contributed by atoms with Crippen LogP contribution in [0.3, 0.4) is 0 Å². The number of hydrogen-bond acceptors (Lipinski definition) is 3. The summed E-state index contributed by atoms with van der Waals surface area (Å²) in [5.74, 6) is -0.0203. The van der Waals surface area contributed by atoms with Crippen molar-refractivity contribution in [3.8, 4) is 0 Å². The zero-order valence-electron chi connectivity index (χ0n) is 10.1. The van der Waals surface area contributed by atoms with Gasteiger partial charge in [-0.3, -0.25) is 9.59 Å². The first-order valence-corrected chi connectivity index (χ1v) is 6.29. The molecule has 18 heavy (non-hydrogen) atoms. The minimum absolute atomic E-state index is 0.0552. The average molecular weight is 248 g/mol. The lowest BCUT2D eigenvalue weighted by molar-refractivity contribution is -0.136. The maximum absolute atomic E-state index is 12.0. The largest absolute Gasteiger partial charge is 0.481 e. The van der Waals surface area contributed by atoms with Crippen molar-refractivity contribution in [2.75, 3.05) is 13.1 Å². The Morgan fingerprint density at radius 2 is 2.28 bits per heavy atom. The highest BCUT2D eigenvalue weighted by Gasteiger charge is 2.31. The predicted octanol–water partition coefficient (Wildman–Crippen LogP) is 0.182. The second-order valence-electron chi connectivity index (χ2n) is 5.26. The average Bonchev–Trinajstić information content (AvgIpc) is 2.31. The molecule has 1 aromatic heterocycles. The summed E-state index contributed by atoms with van der Waals surface area (Å²) in [6, 6.07) is 3.36. The Morgan fingerprint density at radius 3 is 3.06 bits per heavy atom. The van der Waals surface area contributed by atoms with Gasteiger partial charge in [-0.15, -0.1) is 0 Å². The van der Waals surface area contributed by atoms with Gasteiger partial charge in [0, 0.05) is 30.8 Å². The van der Waals surface area contributed by atoms with Crippen molar-refractivity contribution in [1.82, 2.24) is 9.88 Å². The Labute approximate surface area is 104 Å². The van der Waals surface area contributed by atoms with Gasteiger partial charge in [-0.1, -0.05) is 0 Å². The van der Waals surface area contributed by atoms with Gasteiger partial charge in [0.15, 0.2) is 0 Å². The molecular weight excluding hydrogens is 232 g/mol. The molecule has 1 fully saturated rings. The molecule has 2 N–H and O–H groups in total. The maximum atomic E-state index is 12.0. The van der Waals surface area contributed by atoms with Gasteiger partial charge in [-0.2, -0.15) is 0 Å². The molecule has 0 radical (unpaired) electrons. The Bertz CT molecular complexity index is 550. The lowest BCUT2D eigenvalue weighted by Gasteiger charge is -2.37. The van der Waals surface area contributed by atoms with Crippen molar-refractivity contribution in [1.29, 1.82) is 0 Å². The number of aromatic nitrogens is 1. The molecule has 0 aliphatic carbocycles. The van der Waals surface area contributed by atoms with Crippen LogP contribution in [0.25, 0.3) is 0 Å². The molecule has 0 saturated carbocycles. The minimum atomic E-state index is -0.894. The van der Waals surface area contributed by atoms with E-state index in [1.807, 2.05) is 10.6 Å². The number of nitrogens with one attached hydrogen (secondary N) is 1. The third-order valence-corrected chi connectivity index (χ3v) is 3.88. The number of aliphatic carboxylic acids is 1. The van der Waals surface area contributed by atoms with Crippen LogP contribution in [-0.4, -0.2) is 28.7 Å². The molecule has 2 aliphatic heterocycles. The van der Waals surface area contributed by atoms with Gasteiger partial charge in [0.1, 0.15) is 0 Å². The molecule has 5 heteroatoms. The molecule has 2 atom stereocenters. The summed E-state index contributed by atoms with van der Waals surface area (Å²) in [7, 11) is 0. The second kappa shape index (κ2) is 4.24. The number of rotatable bonds is 2. The fourth-order valence-corrected chi connectivity index (χ4v) is 3.14. The first kappa shape index (κ1) is 11.5. The van der Waals surface area contributed by atoms with Crippen molar-refractivity contribution in [2.24, 2.45) is 5.92 Å². The summed E-state index contributed by atoms with van der Waals surface area (Å²) >= 11 is 0. The van der Waals surface area contributed by atoms with Gasteiger partial charge < -0.3 is 15.0 Å². The third kappa shape index (κ3) is 1.95. The van der Waals surface area contributed by atoms with Crippen LogP contribution < -0.4 is 10.9 Å². The summed E-state index contributed by atoms with van der Waals surface area (Å²) in [6.45, 7) is 2.61. The van der Waals surface area contributed by atoms with E-state index in [0.29, 0.717) is 17.4 Å². The molecule has 5 nitrogen and oxygen atoms in total. The summed E-state index contributed by atoms with van der Waals surface area (Å²) in [5.41, 5.74) is 1.56. The molecule has 0 unspecified atom stereocenters. The van der Waals surface area contributed by atoms with Crippen molar-refractivity contribution >= 4 is 5.97 Å². The molecule has 96 valence electrons.